The number of alkyl halides is 2. The van der Waals surface area contributed by atoms with Crippen LogP contribution in [0.4, 0.5) is 18.9 Å². The maximum absolute atomic E-state index is 14.3. The highest BCUT2D eigenvalue weighted by Crippen LogP contribution is 2.30. The van der Waals surface area contributed by atoms with Gasteiger partial charge in [-0.2, -0.15) is 0 Å². The molecule has 1 aliphatic heterocycles. The van der Waals surface area contributed by atoms with Gasteiger partial charge in [-0.25, -0.2) is 23.1 Å². The van der Waals surface area contributed by atoms with Crippen LogP contribution >= 0.6 is 11.3 Å². The highest BCUT2D eigenvalue weighted by atomic mass is 32.1. The molecule has 0 amide bonds. The molecular weight excluding hydrogens is 459 g/mol. The Morgan fingerprint density at radius 1 is 1.15 bits per heavy atom. The van der Waals surface area contributed by atoms with Gasteiger partial charge in [0.25, 0.3) is 5.92 Å². The monoisotopic (exact) mass is 485 g/mol. The standard InChI is InChI=1S/C25H26F3N5S/c1-29-22-6-4-17(13-20(22)26)21-7-5-19-18(3-2-10-32-11-8-25(27,28)9-12-32)14-33(24(19)31-21)23-15-34-16-30-23/h4-7,13-16,29H,2-3,8-12H2,1H3. The second-order valence-electron chi connectivity index (χ2n) is 8.68. The van der Waals surface area contributed by atoms with Gasteiger partial charge >= 0.3 is 0 Å². The highest BCUT2D eigenvalue weighted by molar-refractivity contribution is 7.07. The van der Waals surface area contributed by atoms with E-state index in [0.29, 0.717) is 30.0 Å². The lowest BCUT2D eigenvalue weighted by atomic mass is 10.0. The van der Waals surface area contributed by atoms with Gasteiger partial charge in [-0.3, -0.25) is 4.57 Å². The van der Waals surface area contributed by atoms with Gasteiger partial charge in [-0.15, -0.1) is 11.3 Å². The van der Waals surface area contributed by atoms with E-state index in [1.807, 2.05) is 28.1 Å². The lowest BCUT2D eigenvalue weighted by molar-refractivity contribution is -0.0551. The average Bonchev–Trinajstić information content (AvgIpc) is 3.48. The molecule has 5 nitrogen and oxygen atoms in total. The third-order valence-electron chi connectivity index (χ3n) is 6.44. The van der Waals surface area contributed by atoms with Crippen LogP contribution in [0.3, 0.4) is 0 Å². The fraction of sp³-hybridized carbons (Fsp3) is 0.360. The minimum absolute atomic E-state index is 0.0568. The van der Waals surface area contributed by atoms with Crippen LogP contribution < -0.4 is 5.32 Å². The molecule has 1 aliphatic rings. The number of aryl methyl sites for hydroxylation is 1. The van der Waals surface area contributed by atoms with Crippen molar-refractivity contribution >= 4 is 28.1 Å². The minimum atomic E-state index is -2.52. The number of piperidine rings is 1. The Bertz CT molecular complexity index is 1280. The van der Waals surface area contributed by atoms with Crippen molar-refractivity contribution in [1.29, 1.82) is 0 Å². The maximum Gasteiger partial charge on any atom is 0.250 e. The summed E-state index contributed by atoms with van der Waals surface area (Å²) in [4.78, 5) is 11.5. The fourth-order valence-corrected chi connectivity index (χ4v) is 5.03. The summed E-state index contributed by atoms with van der Waals surface area (Å²) in [6.45, 7) is 1.69. The summed E-state index contributed by atoms with van der Waals surface area (Å²) in [5.41, 5.74) is 5.52. The topological polar surface area (TPSA) is 46.0 Å². The molecule has 178 valence electrons. The van der Waals surface area contributed by atoms with E-state index in [-0.39, 0.29) is 18.7 Å². The summed E-state index contributed by atoms with van der Waals surface area (Å²) >= 11 is 1.51. The molecule has 34 heavy (non-hydrogen) atoms. The number of hydrogen-bond acceptors (Lipinski definition) is 5. The van der Waals surface area contributed by atoms with Crippen molar-refractivity contribution in [3.8, 4) is 17.1 Å². The van der Waals surface area contributed by atoms with Gasteiger partial charge in [-0.05, 0) is 49.2 Å². The summed E-state index contributed by atoms with van der Waals surface area (Å²) in [7, 11) is 1.69. The zero-order valence-corrected chi connectivity index (χ0v) is 19.7. The Hall–Kier alpha value is -2.91. The number of benzene rings is 1. The van der Waals surface area contributed by atoms with Crippen molar-refractivity contribution in [3.63, 3.8) is 0 Å². The lowest BCUT2D eigenvalue weighted by Gasteiger charge is -2.31. The predicted molar refractivity (Wildman–Crippen MR) is 131 cm³/mol. The quantitative estimate of drug-likeness (QED) is 0.349. The summed E-state index contributed by atoms with van der Waals surface area (Å²) < 4.78 is 43.2. The Morgan fingerprint density at radius 3 is 2.68 bits per heavy atom. The normalized spacial score (nSPS) is 16.2. The number of aromatic nitrogens is 3. The van der Waals surface area contributed by atoms with E-state index in [4.69, 9.17) is 4.98 Å². The molecule has 1 fully saturated rings. The summed E-state index contributed by atoms with van der Waals surface area (Å²) in [5.74, 6) is -2.05. The predicted octanol–water partition coefficient (Wildman–Crippen LogP) is 5.99. The minimum Gasteiger partial charge on any atom is -0.386 e. The van der Waals surface area contributed by atoms with Gasteiger partial charge in [0.15, 0.2) is 0 Å². The SMILES string of the molecule is CNc1ccc(-c2ccc3c(CCCN4CCC(F)(F)CC4)cn(-c4cscn4)c3n2)cc1F. The van der Waals surface area contributed by atoms with Crippen molar-refractivity contribution in [2.45, 2.75) is 31.6 Å². The highest BCUT2D eigenvalue weighted by Gasteiger charge is 2.33. The largest absolute Gasteiger partial charge is 0.386 e. The molecule has 0 saturated carbocycles. The van der Waals surface area contributed by atoms with Crippen LogP contribution in [0.15, 0.2) is 47.4 Å². The molecule has 9 heteroatoms. The van der Waals surface area contributed by atoms with Gasteiger partial charge in [-0.1, -0.05) is 6.07 Å². The average molecular weight is 486 g/mol. The van der Waals surface area contributed by atoms with Crippen molar-refractivity contribution in [2.24, 2.45) is 0 Å². The van der Waals surface area contributed by atoms with Crippen LogP contribution in [0.1, 0.15) is 24.8 Å². The van der Waals surface area contributed by atoms with Gasteiger partial charge < -0.3 is 10.2 Å². The molecule has 5 rings (SSSR count). The van der Waals surface area contributed by atoms with Crippen LogP contribution in [0, 0.1) is 5.82 Å². The second kappa shape index (κ2) is 9.38. The van der Waals surface area contributed by atoms with Crippen molar-refractivity contribution < 1.29 is 13.2 Å². The van der Waals surface area contributed by atoms with E-state index >= 15 is 0 Å². The van der Waals surface area contributed by atoms with Crippen LogP contribution in [0.2, 0.25) is 0 Å². The number of hydrogen-bond donors (Lipinski definition) is 1. The lowest BCUT2D eigenvalue weighted by Crippen LogP contribution is -2.39. The summed E-state index contributed by atoms with van der Waals surface area (Å²) in [5, 5.41) is 5.82. The molecule has 4 aromatic rings. The third kappa shape index (κ3) is 4.67. The van der Waals surface area contributed by atoms with Crippen molar-refractivity contribution in [2.75, 3.05) is 32.0 Å². The van der Waals surface area contributed by atoms with Gasteiger partial charge in [0.1, 0.15) is 17.3 Å². The first kappa shape index (κ1) is 22.9. The van der Waals surface area contributed by atoms with E-state index < -0.39 is 5.92 Å². The zero-order chi connectivity index (χ0) is 23.7. The summed E-state index contributed by atoms with van der Waals surface area (Å²) in [6.07, 6.45) is 3.64. The second-order valence-corrected chi connectivity index (χ2v) is 9.40. The Kier molecular flexibility index (Phi) is 6.31. The zero-order valence-electron chi connectivity index (χ0n) is 18.9. The number of nitrogens with zero attached hydrogens (tertiary/aromatic N) is 4. The first-order chi connectivity index (χ1) is 16.4. The third-order valence-corrected chi connectivity index (χ3v) is 7.02. The van der Waals surface area contributed by atoms with Crippen LogP contribution in [0.25, 0.3) is 28.1 Å². The van der Waals surface area contributed by atoms with Crippen LogP contribution in [-0.4, -0.2) is 52.0 Å². The molecule has 4 heterocycles. The summed E-state index contributed by atoms with van der Waals surface area (Å²) in [6, 6.07) is 8.98. The van der Waals surface area contributed by atoms with Crippen LogP contribution in [-0.2, 0) is 6.42 Å². The van der Waals surface area contributed by atoms with Gasteiger partial charge in [0.2, 0.25) is 0 Å². The van der Waals surface area contributed by atoms with Gasteiger partial charge in [0.05, 0.1) is 16.9 Å². The van der Waals surface area contributed by atoms with E-state index in [1.165, 1.54) is 17.4 Å². The number of rotatable bonds is 7. The first-order valence-electron chi connectivity index (χ1n) is 11.4. The molecule has 1 saturated heterocycles. The Balaban J connectivity index is 1.41. The molecule has 3 aromatic heterocycles. The fourth-order valence-electron chi connectivity index (χ4n) is 4.50. The molecule has 1 aromatic carbocycles. The molecule has 0 atom stereocenters. The Labute approximate surface area is 200 Å². The number of pyridine rings is 1. The van der Waals surface area contributed by atoms with E-state index in [9.17, 15) is 13.2 Å². The number of fused-ring (bicyclic) bond motifs is 1. The molecule has 0 unspecified atom stereocenters. The number of halogens is 3. The van der Waals surface area contributed by atoms with E-state index in [1.54, 1.807) is 18.6 Å². The number of nitrogens with one attached hydrogen (secondary N) is 1. The smallest absolute Gasteiger partial charge is 0.250 e. The maximum atomic E-state index is 14.3. The first-order valence-corrected chi connectivity index (χ1v) is 12.4. The molecule has 0 spiro atoms. The van der Waals surface area contributed by atoms with E-state index in [0.717, 1.165) is 41.8 Å². The van der Waals surface area contributed by atoms with Crippen molar-refractivity contribution in [1.82, 2.24) is 19.4 Å². The molecule has 0 bridgehead atoms. The molecule has 0 radical (unpaired) electrons. The van der Waals surface area contributed by atoms with Crippen molar-refractivity contribution in [3.05, 3.63) is 58.8 Å². The van der Waals surface area contributed by atoms with Crippen LogP contribution in [0.5, 0.6) is 0 Å². The number of anilines is 1. The molecule has 0 aliphatic carbocycles. The number of likely N-dealkylation sites (tertiary alicyclic amines) is 1. The van der Waals surface area contributed by atoms with E-state index in [2.05, 4.69) is 21.4 Å². The number of thiazole rings is 1. The molecular formula is C25H26F3N5S. The van der Waals surface area contributed by atoms with Gasteiger partial charge in [0, 0.05) is 55.5 Å². The molecule has 1 N–H and O–H groups in total. The Morgan fingerprint density at radius 2 is 1.97 bits per heavy atom.